The van der Waals surface area contributed by atoms with Crippen LogP contribution >= 0.6 is 0 Å². The number of hydrogen-bond acceptors (Lipinski definition) is 4. The zero-order valence-corrected chi connectivity index (χ0v) is 8.27. The average molecular weight is 194 g/mol. The average Bonchev–Trinajstić information content (AvgIpc) is 2.67. The molecule has 1 saturated heterocycles. The maximum atomic E-state index is 10.4. The van der Waals surface area contributed by atoms with Gasteiger partial charge in [0.05, 0.1) is 0 Å². The molecule has 0 spiro atoms. The molecule has 0 aliphatic carbocycles. The summed E-state index contributed by atoms with van der Waals surface area (Å²) in [5.41, 5.74) is 0. The normalized spacial score (nSPS) is 18.5. The molecule has 1 fully saturated rings. The lowest BCUT2D eigenvalue weighted by atomic mass is 10.3. The minimum atomic E-state index is 0.402. The maximum Gasteiger partial charge on any atom is 0.196 e. The van der Waals surface area contributed by atoms with Crippen LogP contribution in [0.5, 0.6) is 0 Å². The van der Waals surface area contributed by atoms with Crippen LogP contribution in [-0.2, 0) is 0 Å². The molecule has 4 nitrogen and oxygen atoms in total. The van der Waals surface area contributed by atoms with Crippen molar-refractivity contribution in [2.45, 2.75) is 0 Å². The summed E-state index contributed by atoms with van der Waals surface area (Å²) in [5, 5.41) is 0. The number of nitrogens with zero attached hydrogens (tertiary/aromatic N) is 2. The highest BCUT2D eigenvalue weighted by atomic mass is 16.4. The Morgan fingerprint density at radius 1 is 1.29 bits per heavy atom. The highest BCUT2D eigenvalue weighted by Gasteiger charge is 2.16. The van der Waals surface area contributed by atoms with E-state index in [-0.39, 0.29) is 0 Å². The van der Waals surface area contributed by atoms with E-state index in [1.807, 2.05) is 6.07 Å². The minimum absolute atomic E-state index is 0.402. The third kappa shape index (κ3) is 1.80. The van der Waals surface area contributed by atoms with Crippen molar-refractivity contribution in [2.24, 2.45) is 0 Å². The topological polar surface area (TPSA) is 36.7 Å². The number of carbonyl (C=O) groups is 1. The summed E-state index contributed by atoms with van der Waals surface area (Å²) in [6, 6.07) is 3.57. The number of aldehydes is 1. The van der Waals surface area contributed by atoms with E-state index in [0.29, 0.717) is 5.76 Å². The molecular formula is C10H14N2O2. The van der Waals surface area contributed by atoms with Crippen molar-refractivity contribution in [1.29, 1.82) is 0 Å². The lowest BCUT2D eigenvalue weighted by Crippen LogP contribution is -2.44. The quantitative estimate of drug-likeness (QED) is 0.654. The van der Waals surface area contributed by atoms with Crippen LogP contribution in [-0.4, -0.2) is 44.4 Å². The highest BCUT2D eigenvalue weighted by Crippen LogP contribution is 2.18. The zero-order valence-electron chi connectivity index (χ0n) is 8.27. The number of likely N-dealkylation sites (N-methyl/N-ethyl adjacent to an activating group) is 1. The molecule has 4 heteroatoms. The fraction of sp³-hybridized carbons (Fsp3) is 0.500. The van der Waals surface area contributed by atoms with Gasteiger partial charge in [0.1, 0.15) is 0 Å². The second kappa shape index (κ2) is 3.84. The number of furan rings is 1. The van der Waals surface area contributed by atoms with Crippen LogP contribution in [0.4, 0.5) is 5.88 Å². The van der Waals surface area contributed by atoms with Gasteiger partial charge in [-0.3, -0.25) is 4.79 Å². The van der Waals surface area contributed by atoms with E-state index in [1.165, 1.54) is 0 Å². The van der Waals surface area contributed by atoms with Crippen LogP contribution in [0.1, 0.15) is 10.6 Å². The van der Waals surface area contributed by atoms with Gasteiger partial charge in [0.25, 0.3) is 0 Å². The third-order valence-corrected chi connectivity index (χ3v) is 2.54. The van der Waals surface area contributed by atoms with E-state index in [0.717, 1.165) is 38.3 Å². The Kier molecular flexibility index (Phi) is 2.54. The fourth-order valence-corrected chi connectivity index (χ4v) is 1.60. The Hall–Kier alpha value is -1.29. The second-order valence-corrected chi connectivity index (χ2v) is 3.58. The van der Waals surface area contributed by atoms with Gasteiger partial charge in [-0.2, -0.15) is 0 Å². The molecule has 1 aliphatic rings. The van der Waals surface area contributed by atoms with E-state index >= 15 is 0 Å². The highest BCUT2D eigenvalue weighted by molar-refractivity contribution is 5.71. The monoisotopic (exact) mass is 194 g/mol. The maximum absolute atomic E-state index is 10.4. The lowest BCUT2D eigenvalue weighted by Gasteiger charge is -2.32. The van der Waals surface area contributed by atoms with Crippen molar-refractivity contribution in [3.05, 3.63) is 17.9 Å². The molecule has 0 saturated carbocycles. The first kappa shape index (κ1) is 9.27. The van der Waals surface area contributed by atoms with Gasteiger partial charge in [0, 0.05) is 32.2 Å². The smallest absolute Gasteiger partial charge is 0.196 e. The first-order valence-electron chi connectivity index (χ1n) is 4.78. The fourth-order valence-electron chi connectivity index (χ4n) is 1.60. The molecule has 76 valence electrons. The number of piperazine rings is 1. The van der Waals surface area contributed by atoms with E-state index in [9.17, 15) is 4.79 Å². The molecule has 0 bridgehead atoms. The Morgan fingerprint density at radius 3 is 2.57 bits per heavy atom. The Labute approximate surface area is 83.1 Å². The predicted octanol–water partition coefficient (Wildman–Crippen LogP) is 0.844. The summed E-state index contributed by atoms with van der Waals surface area (Å²) in [6.45, 7) is 4.00. The molecule has 0 atom stereocenters. The van der Waals surface area contributed by atoms with Crippen LogP contribution in [0.2, 0.25) is 0 Å². The van der Waals surface area contributed by atoms with E-state index < -0.39 is 0 Å². The van der Waals surface area contributed by atoms with Crippen LogP contribution in [0.15, 0.2) is 16.5 Å². The summed E-state index contributed by atoms with van der Waals surface area (Å²) in [6.07, 6.45) is 0.736. The number of hydrogen-bond donors (Lipinski definition) is 0. The summed E-state index contributed by atoms with van der Waals surface area (Å²) >= 11 is 0. The predicted molar refractivity (Wildman–Crippen MR) is 53.8 cm³/mol. The van der Waals surface area contributed by atoms with Crippen LogP contribution < -0.4 is 4.90 Å². The number of anilines is 1. The standard InChI is InChI=1S/C10H14N2O2/c1-11-4-6-12(7-5-11)10-3-2-9(8-13)14-10/h2-3,8H,4-7H2,1H3. The summed E-state index contributed by atoms with van der Waals surface area (Å²) < 4.78 is 5.35. The van der Waals surface area contributed by atoms with Gasteiger partial charge in [0.2, 0.25) is 0 Å². The molecule has 1 aliphatic heterocycles. The van der Waals surface area contributed by atoms with E-state index in [2.05, 4.69) is 16.8 Å². The summed E-state index contributed by atoms with van der Waals surface area (Å²) in [7, 11) is 2.11. The van der Waals surface area contributed by atoms with Gasteiger partial charge >= 0.3 is 0 Å². The molecule has 14 heavy (non-hydrogen) atoms. The summed E-state index contributed by atoms with van der Waals surface area (Å²) in [4.78, 5) is 14.9. The molecular weight excluding hydrogens is 180 g/mol. The van der Waals surface area contributed by atoms with Gasteiger partial charge in [-0.15, -0.1) is 0 Å². The van der Waals surface area contributed by atoms with Gasteiger partial charge in [-0.05, 0) is 13.1 Å². The van der Waals surface area contributed by atoms with Gasteiger partial charge in [-0.1, -0.05) is 0 Å². The Bertz CT molecular complexity index is 314. The van der Waals surface area contributed by atoms with E-state index in [4.69, 9.17) is 4.42 Å². The zero-order chi connectivity index (χ0) is 9.97. The van der Waals surface area contributed by atoms with Crippen molar-refractivity contribution in [1.82, 2.24) is 4.90 Å². The van der Waals surface area contributed by atoms with Crippen LogP contribution in [0.3, 0.4) is 0 Å². The van der Waals surface area contributed by atoms with E-state index in [1.54, 1.807) is 6.07 Å². The van der Waals surface area contributed by atoms with Gasteiger partial charge < -0.3 is 14.2 Å². The van der Waals surface area contributed by atoms with Crippen LogP contribution in [0.25, 0.3) is 0 Å². The molecule has 2 heterocycles. The molecule has 2 rings (SSSR count). The second-order valence-electron chi connectivity index (χ2n) is 3.58. The van der Waals surface area contributed by atoms with Crippen molar-refractivity contribution in [3.8, 4) is 0 Å². The first-order chi connectivity index (χ1) is 6.79. The van der Waals surface area contributed by atoms with Crippen molar-refractivity contribution in [3.63, 3.8) is 0 Å². The van der Waals surface area contributed by atoms with Gasteiger partial charge in [-0.25, -0.2) is 0 Å². The van der Waals surface area contributed by atoms with Crippen LogP contribution in [0, 0.1) is 0 Å². The number of rotatable bonds is 2. The molecule has 0 N–H and O–H groups in total. The lowest BCUT2D eigenvalue weighted by molar-refractivity contribution is 0.110. The van der Waals surface area contributed by atoms with Crippen molar-refractivity contribution >= 4 is 12.2 Å². The SMILES string of the molecule is CN1CCN(c2ccc(C=O)o2)CC1. The summed E-state index contributed by atoms with van der Waals surface area (Å²) in [5.74, 6) is 1.21. The molecule has 0 radical (unpaired) electrons. The molecule has 0 unspecified atom stereocenters. The molecule has 0 aromatic carbocycles. The Balaban J connectivity index is 2.04. The molecule has 1 aromatic heterocycles. The van der Waals surface area contributed by atoms with Gasteiger partial charge in [0.15, 0.2) is 17.9 Å². The largest absolute Gasteiger partial charge is 0.438 e. The van der Waals surface area contributed by atoms with Crippen molar-refractivity contribution in [2.75, 3.05) is 38.1 Å². The minimum Gasteiger partial charge on any atom is -0.438 e. The third-order valence-electron chi connectivity index (χ3n) is 2.54. The molecule has 1 aromatic rings. The Morgan fingerprint density at radius 2 is 2.00 bits per heavy atom. The van der Waals surface area contributed by atoms with Crippen molar-refractivity contribution < 1.29 is 9.21 Å². The first-order valence-corrected chi connectivity index (χ1v) is 4.78. The number of carbonyl (C=O) groups excluding carboxylic acids is 1. The molecule has 0 amide bonds.